The average Bonchev–Trinajstić information content (AvgIpc) is 2.74. The Bertz CT molecular complexity index is 809. The van der Waals surface area contributed by atoms with Crippen LogP contribution >= 0.6 is 0 Å². The van der Waals surface area contributed by atoms with Crippen LogP contribution in [0.1, 0.15) is 18.9 Å². The molecule has 1 spiro atoms. The van der Waals surface area contributed by atoms with Gasteiger partial charge >= 0.3 is 0 Å². The summed E-state index contributed by atoms with van der Waals surface area (Å²) in [5.41, 5.74) is 0.976. The van der Waals surface area contributed by atoms with E-state index in [4.69, 9.17) is 4.74 Å². The Morgan fingerprint density at radius 1 is 1.25 bits per heavy atom. The van der Waals surface area contributed by atoms with E-state index in [9.17, 15) is 16.8 Å². The molecule has 0 amide bonds. The molecule has 0 bridgehead atoms. The molecule has 1 atom stereocenters. The van der Waals surface area contributed by atoms with Crippen LogP contribution in [0, 0.1) is 12.8 Å². The fraction of sp³-hybridized carbons (Fsp3) is 0.625. The molecule has 8 heteroatoms. The Kier molecular flexibility index (Phi) is 4.53. The van der Waals surface area contributed by atoms with Crippen LogP contribution in [0.4, 0.5) is 0 Å². The Morgan fingerprint density at radius 3 is 2.46 bits per heavy atom. The van der Waals surface area contributed by atoms with E-state index in [1.807, 2.05) is 13.8 Å². The van der Waals surface area contributed by atoms with E-state index in [0.29, 0.717) is 19.6 Å². The molecule has 0 radical (unpaired) electrons. The third kappa shape index (κ3) is 2.69. The van der Waals surface area contributed by atoms with Crippen molar-refractivity contribution in [2.24, 2.45) is 5.92 Å². The maximum Gasteiger partial charge on any atom is 0.243 e. The molecule has 0 unspecified atom stereocenters. The molecule has 3 rings (SSSR count). The molecule has 1 aromatic rings. The standard InChI is InChI=1S/C16H23NO5S2/c1-3-22-10-14-8-9-23(18,19)16(14)11-17(12-16)24(20,21)15-6-4-13(2)5-7-15/h4-7,14H,3,8-12H2,1-2H3/t14-/m1/s1. The number of aryl methyl sites for hydroxylation is 1. The second kappa shape index (κ2) is 6.09. The number of rotatable bonds is 5. The Morgan fingerprint density at radius 2 is 1.88 bits per heavy atom. The molecule has 0 aliphatic carbocycles. The van der Waals surface area contributed by atoms with Crippen LogP contribution in [-0.4, -0.2) is 57.9 Å². The first-order valence-corrected chi connectivity index (χ1v) is 11.2. The maximum atomic E-state index is 12.7. The number of nitrogens with zero attached hydrogens (tertiary/aromatic N) is 1. The zero-order valence-electron chi connectivity index (χ0n) is 13.9. The summed E-state index contributed by atoms with van der Waals surface area (Å²) >= 11 is 0. The smallest absolute Gasteiger partial charge is 0.243 e. The van der Waals surface area contributed by atoms with E-state index < -0.39 is 24.6 Å². The van der Waals surface area contributed by atoms with Crippen molar-refractivity contribution in [1.82, 2.24) is 4.31 Å². The highest BCUT2D eigenvalue weighted by atomic mass is 32.2. The molecular weight excluding hydrogens is 350 g/mol. The lowest BCUT2D eigenvalue weighted by molar-refractivity contribution is 0.0637. The molecule has 6 nitrogen and oxygen atoms in total. The summed E-state index contributed by atoms with van der Waals surface area (Å²) in [6.45, 7) is 4.71. The lowest BCUT2D eigenvalue weighted by Crippen LogP contribution is -2.68. The van der Waals surface area contributed by atoms with Gasteiger partial charge in [-0.15, -0.1) is 0 Å². The molecule has 0 aromatic heterocycles. The fourth-order valence-corrected chi connectivity index (χ4v) is 7.69. The normalized spacial score (nSPS) is 25.7. The van der Waals surface area contributed by atoms with Crippen LogP contribution in [0.2, 0.25) is 0 Å². The number of hydrogen-bond donors (Lipinski definition) is 0. The first-order chi connectivity index (χ1) is 11.2. The molecule has 0 saturated carbocycles. The van der Waals surface area contributed by atoms with Crippen molar-refractivity contribution in [2.45, 2.75) is 29.9 Å². The maximum absolute atomic E-state index is 12.7. The van der Waals surface area contributed by atoms with Crippen molar-refractivity contribution >= 4 is 19.9 Å². The summed E-state index contributed by atoms with van der Waals surface area (Å²) < 4.78 is 56.2. The van der Waals surface area contributed by atoms with Gasteiger partial charge in [-0.25, -0.2) is 16.8 Å². The second-order valence-electron chi connectivity index (χ2n) is 6.61. The van der Waals surface area contributed by atoms with Crippen molar-refractivity contribution in [3.05, 3.63) is 29.8 Å². The van der Waals surface area contributed by atoms with Gasteiger partial charge in [-0.1, -0.05) is 17.7 Å². The summed E-state index contributed by atoms with van der Waals surface area (Å²) in [6.07, 6.45) is 0.542. The molecule has 2 heterocycles. The van der Waals surface area contributed by atoms with Crippen LogP contribution < -0.4 is 0 Å². The van der Waals surface area contributed by atoms with Gasteiger partial charge in [-0.05, 0) is 32.4 Å². The summed E-state index contributed by atoms with van der Waals surface area (Å²) in [7, 11) is -6.95. The molecule has 2 aliphatic rings. The lowest BCUT2D eigenvalue weighted by atomic mass is 9.85. The second-order valence-corrected chi connectivity index (χ2v) is 11.0. The topological polar surface area (TPSA) is 80.8 Å². The van der Waals surface area contributed by atoms with Crippen molar-refractivity contribution in [3.8, 4) is 0 Å². The average molecular weight is 373 g/mol. The van der Waals surface area contributed by atoms with E-state index in [1.165, 1.54) is 4.31 Å². The fourth-order valence-electron chi connectivity index (χ4n) is 3.55. The van der Waals surface area contributed by atoms with Gasteiger partial charge in [0.1, 0.15) is 4.75 Å². The van der Waals surface area contributed by atoms with E-state index >= 15 is 0 Å². The van der Waals surface area contributed by atoms with Crippen molar-refractivity contribution < 1.29 is 21.6 Å². The minimum atomic E-state index is -3.65. The van der Waals surface area contributed by atoms with Gasteiger partial charge < -0.3 is 4.74 Å². The third-order valence-corrected chi connectivity index (χ3v) is 9.58. The quantitative estimate of drug-likeness (QED) is 0.775. The first-order valence-electron chi connectivity index (χ1n) is 8.10. The third-order valence-electron chi connectivity index (χ3n) is 5.17. The van der Waals surface area contributed by atoms with Crippen LogP contribution in [0.25, 0.3) is 0 Å². The van der Waals surface area contributed by atoms with Gasteiger partial charge in [0.25, 0.3) is 0 Å². The van der Waals surface area contributed by atoms with Crippen LogP contribution in [-0.2, 0) is 24.6 Å². The minimum Gasteiger partial charge on any atom is -0.381 e. The molecular formula is C16H23NO5S2. The Hall–Kier alpha value is -0.960. The van der Waals surface area contributed by atoms with Gasteiger partial charge in [0.05, 0.1) is 17.3 Å². The number of hydrogen-bond acceptors (Lipinski definition) is 5. The van der Waals surface area contributed by atoms with Crippen LogP contribution in [0.5, 0.6) is 0 Å². The van der Waals surface area contributed by atoms with Crippen LogP contribution in [0.15, 0.2) is 29.2 Å². The molecule has 2 aliphatic heterocycles. The Balaban J connectivity index is 1.82. The monoisotopic (exact) mass is 373 g/mol. The van der Waals surface area contributed by atoms with Crippen molar-refractivity contribution in [3.63, 3.8) is 0 Å². The number of sulfone groups is 1. The lowest BCUT2D eigenvalue weighted by Gasteiger charge is -2.48. The Labute approximate surface area is 143 Å². The van der Waals surface area contributed by atoms with Gasteiger partial charge in [-0.2, -0.15) is 4.31 Å². The van der Waals surface area contributed by atoms with Crippen molar-refractivity contribution in [1.29, 1.82) is 0 Å². The van der Waals surface area contributed by atoms with E-state index in [-0.39, 0.29) is 29.7 Å². The highest BCUT2D eigenvalue weighted by molar-refractivity contribution is 7.93. The largest absolute Gasteiger partial charge is 0.381 e. The van der Waals surface area contributed by atoms with E-state index in [2.05, 4.69) is 0 Å². The van der Waals surface area contributed by atoms with Crippen molar-refractivity contribution in [2.75, 3.05) is 32.1 Å². The minimum absolute atomic E-state index is 0.0310. The number of ether oxygens (including phenoxy) is 1. The van der Waals surface area contributed by atoms with Gasteiger partial charge in [0.15, 0.2) is 9.84 Å². The molecule has 0 N–H and O–H groups in total. The van der Waals surface area contributed by atoms with E-state index in [1.54, 1.807) is 24.3 Å². The van der Waals surface area contributed by atoms with Crippen LogP contribution in [0.3, 0.4) is 0 Å². The highest BCUT2D eigenvalue weighted by Crippen LogP contribution is 2.46. The SMILES string of the molecule is CCOC[C@H]1CCS(=O)(=O)C12CN(S(=O)(=O)c1ccc(C)cc1)C2. The molecule has 2 saturated heterocycles. The first kappa shape index (κ1) is 17.8. The summed E-state index contributed by atoms with van der Waals surface area (Å²) in [6, 6.07) is 6.62. The highest BCUT2D eigenvalue weighted by Gasteiger charge is 2.63. The summed E-state index contributed by atoms with van der Waals surface area (Å²) in [5.74, 6) is -0.0182. The summed E-state index contributed by atoms with van der Waals surface area (Å²) in [5, 5.41) is 0. The zero-order chi connectivity index (χ0) is 17.6. The number of benzene rings is 1. The molecule has 1 aromatic carbocycles. The molecule has 24 heavy (non-hydrogen) atoms. The van der Waals surface area contributed by atoms with Gasteiger partial charge in [0, 0.05) is 25.6 Å². The predicted octanol–water partition coefficient (Wildman–Crippen LogP) is 1.21. The molecule has 134 valence electrons. The van der Waals surface area contributed by atoms with Gasteiger partial charge in [0.2, 0.25) is 10.0 Å². The zero-order valence-corrected chi connectivity index (χ0v) is 15.6. The molecule has 2 fully saturated rings. The predicted molar refractivity (Wildman–Crippen MR) is 91.1 cm³/mol. The number of sulfonamides is 1. The van der Waals surface area contributed by atoms with Gasteiger partial charge in [-0.3, -0.25) is 0 Å². The van der Waals surface area contributed by atoms with E-state index in [0.717, 1.165) is 5.56 Å². The summed E-state index contributed by atoms with van der Waals surface area (Å²) in [4.78, 5) is 0.208.